The Kier molecular flexibility index (Phi) is 6.36. The van der Waals surface area contributed by atoms with Gasteiger partial charge in [0.2, 0.25) is 0 Å². The molecule has 0 bridgehead atoms. The van der Waals surface area contributed by atoms with Gasteiger partial charge in [-0.1, -0.05) is 50.4 Å². The molecule has 1 aromatic rings. The van der Waals surface area contributed by atoms with E-state index in [0.717, 1.165) is 17.9 Å². The van der Waals surface area contributed by atoms with Crippen LogP contribution in [0, 0.1) is 5.92 Å². The molecule has 0 spiro atoms. The van der Waals surface area contributed by atoms with Crippen molar-refractivity contribution in [2.75, 3.05) is 13.2 Å². The van der Waals surface area contributed by atoms with Crippen molar-refractivity contribution in [1.82, 2.24) is 0 Å². The maximum Gasteiger partial charge on any atom is 0.147 e. The lowest BCUT2D eigenvalue weighted by molar-refractivity contribution is 0.253. The zero-order chi connectivity index (χ0) is 16.5. The second kappa shape index (κ2) is 8.73. The van der Waals surface area contributed by atoms with Gasteiger partial charge in [0, 0.05) is 6.42 Å². The second-order valence-electron chi connectivity index (χ2n) is 5.22. The Hall–Kier alpha value is -2.62. The zero-order valence-corrected chi connectivity index (χ0v) is 13.4. The predicted molar refractivity (Wildman–Crippen MR) is 92.7 cm³/mol. The summed E-state index contributed by atoms with van der Waals surface area (Å²) in [5, 5.41) is 8.74. The molecule has 1 atom stereocenters. The van der Waals surface area contributed by atoms with Crippen LogP contribution in [0.2, 0.25) is 0 Å². The lowest BCUT2D eigenvalue weighted by Crippen LogP contribution is -2.03. The zero-order valence-electron chi connectivity index (χ0n) is 13.4. The van der Waals surface area contributed by atoms with Gasteiger partial charge >= 0.3 is 0 Å². The molecule has 4 heteroatoms. The summed E-state index contributed by atoms with van der Waals surface area (Å²) in [7, 11) is 0. The van der Waals surface area contributed by atoms with E-state index in [-0.39, 0.29) is 0 Å². The number of benzene rings is 1. The minimum absolute atomic E-state index is 0.410. The van der Waals surface area contributed by atoms with Gasteiger partial charge in [-0.2, -0.15) is 5.11 Å². The molecule has 0 saturated carbocycles. The third-order valence-corrected chi connectivity index (χ3v) is 3.23. The minimum Gasteiger partial charge on any atom is -0.488 e. The van der Waals surface area contributed by atoms with Gasteiger partial charge in [0.25, 0.3) is 0 Å². The molecule has 2 rings (SSSR count). The molecular formula is C19H22N2O2. The Morgan fingerprint density at radius 1 is 1.13 bits per heavy atom. The molecule has 1 aliphatic rings. The number of ether oxygens (including phenoxy) is 2. The summed E-state index contributed by atoms with van der Waals surface area (Å²) in [4.78, 5) is 0. The van der Waals surface area contributed by atoms with Gasteiger partial charge in [-0.25, -0.2) is 0 Å². The van der Waals surface area contributed by atoms with Crippen LogP contribution in [0.4, 0.5) is 5.69 Å². The maximum atomic E-state index is 5.65. The van der Waals surface area contributed by atoms with E-state index in [9.17, 15) is 0 Å². The Balaban J connectivity index is 2.22. The van der Waals surface area contributed by atoms with E-state index < -0.39 is 0 Å². The van der Waals surface area contributed by atoms with Crippen molar-refractivity contribution in [1.29, 1.82) is 0 Å². The maximum absolute atomic E-state index is 5.65. The Morgan fingerprint density at radius 3 is 2.65 bits per heavy atom. The minimum atomic E-state index is 0.410. The van der Waals surface area contributed by atoms with Crippen LogP contribution in [0.1, 0.15) is 13.3 Å². The number of azo groups is 1. The number of rotatable bonds is 8. The number of hydrogen-bond acceptors (Lipinski definition) is 4. The third-order valence-electron chi connectivity index (χ3n) is 3.23. The molecule has 23 heavy (non-hydrogen) atoms. The van der Waals surface area contributed by atoms with Crippen LogP contribution in [-0.4, -0.2) is 13.2 Å². The highest BCUT2D eigenvalue weighted by molar-refractivity contribution is 5.51. The summed E-state index contributed by atoms with van der Waals surface area (Å²) < 4.78 is 11.2. The SMILES string of the molecule is C=CCOC1=C(/N=N/c2ccccc2OCC=C)CC(C)C=C1. The summed E-state index contributed by atoms with van der Waals surface area (Å²) in [5.74, 6) is 1.84. The Morgan fingerprint density at radius 2 is 1.87 bits per heavy atom. The summed E-state index contributed by atoms with van der Waals surface area (Å²) in [5.41, 5.74) is 1.52. The van der Waals surface area contributed by atoms with Gasteiger partial charge in [0.15, 0.2) is 0 Å². The average Bonchev–Trinajstić information content (AvgIpc) is 2.58. The first kappa shape index (κ1) is 16.7. The lowest BCUT2D eigenvalue weighted by Gasteiger charge is -2.16. The van der Waals surface area contributed by atoms with Gasteiger partial charge in [-0.05, 0) is 24.1 Å². The molecule has 0 aliphatic heterocycles. The standard InChI is InChI=1S/C19H22N2O2/c1-4-12-22-18-9-7-6-8-16(18)20-21-17-14-15(3)10-11-19(17)23-13-5-2/h4-11,15H,1-2,12-14H2,3H3/b21-20+. The summed E-state index contributed by atoms with van der Waals surface area (Å²) >= 11 is 0. The van der Waals surface area contributed by atoms with Gasteiger partial charge in [-0.15, -0.1) is 5.11 Å². The first-order valence-corrected chi connectivity index (χ1v) is 7.64. The fourth-order valence-corrected chi connectivity index (χ4v) is 2.12. The highest BCUT2D eigenvalue weighted by Gasteiger charge is 2.14. The largest absolute Gasteiger partial charge is 0.488 e. The van der Waals surface area contributed by atoms with E-state index in [1.54, 1.807) is 12.2 Å². The molecule has 0 aromatic heterocycles. The molecule has 0 heterocycles. The number of nitrogens with zero attached hydrogens (tertiary/aromatic N) is 2. The smallest absolute Gasteiger partial charge is 0.147 e. The monoisotopic (exact) mass is 310 g/mol. The van der Waals surface area contributed by atoms with Crippen LogP contribution in [-0.2, 0) is 4.74 Å². The van der Waals surface area contributed by atoms with E-state index in [2.05, 4.69) is 36.4 Å². The van der Waals surface area contributed by atoms with E-state index in [1.165, 1.54) is 0 Å². The first-order valence-electron chi connectivity index (χ1n) is 7.64. The van der Waals surface area contributed by atoms with Crippen LogP contribution < -0.4 is 4.74 Å². The van der Waals surface area contributed by atoms with Crippen molar-refractivity contribution in [3.63, 3.8) is 0 Å². The summed E-state index contributed by atoms with van der Waals surface area (Å²) in [6.45, 7) is 10.3. The van der Waals surface area contributed by atoms with Crippen molar-refractivity contribution < 1.29 is 9.47 Å². The van der Waals surface area contributed by atoms with Crippen molar-refractivity contribution >= 4 is 5.69 Å². The van der Waals surface area contributed by atoms with E-state index >= 15 is 0 Å². The fraction of sp³-hybridized carbons (Fsp3) is 0.263. The molecule has 0 N–H and O–H groups in total. The first-order chi connectivity index (χ1) is 11.2. The van der Waals surface area contributed by atoms with Crippen molar-refractivity contribution in [3.05, 3.63) is 73.2 Å². The molecule has 1 unspecified atom stereocenters. The molecule has 0 fully saturated rings. The number of allylic oxidation sites excluding steroid dienone is 3. The molecule has 0 amide bonds. The summed E-state index contributed by atoms with van der Waals surface area (Å²) in [6.07, 6.45) is 8.27. The topological polar surface area (TPSA) is 43.2 Å². The molecule has 0 saturated heterocycles. The second-order valence-corrected chi connectivity index (χ2v) is 5.22. The Labute approximate surface area is 137 Å². The lowest BCUT2D eigenvalue weighted by atomic mass is 10.00. The molecule has 120 valence electrons. The van der Waals surface area contributed by atoms with Crippen LogP contribution in [0.25, 0.3) is 0 Å². The van der Waals surface area contributed by atoms with Crippen LogP contribution in [0.5, 0.6) is 5.75 Å². The molecule has 0 radical (unpaired) electrons. The van der Waals surface area contributed by atoms with Gasteiger partial charge in [0.05, 0.1) is 0 Å². The molecule has 1 aliphatic carbocycles. The quantitative estimate of drug-likeness (QED) is 0.480. The van der Waals surface area contributed by atoms with Crippen LogP contribution in [0.3, 0.4) is 0 Å². The van der Waals surface area contributed by atoms with Gasteiger partial charge < -0.3 is 9.47 Å². The summed E-state index contributed by atoms with van der Waals surface area (Å²) in [6, 6.07) is 7.54. The van der Waals surface area contributed by atoms with Gasteiger partial charge in [0.1, 0.15) is 36.1 Å². The van der Waals surface area contributed by atoms with Crippen molar-refractivity contribution in [2.24, 2.45) is 16.1 Å². The Bertz CT molecular complexity index is 645. The normalized spacial score (nSPS) is 17.3. The van der Waals surface area contributed by atoms with Crippen molar-refractivity contribution in [3.8, 4) is 5.75 Å². The van der Waals surface area contributed by atoms with Crippen LogP contribution >= 0.6 is 0 Å². The highest BCUT2D eigenvalue weighted by atomic mass is 16.5. The average molecular weight is 310 g/mol. The molecular weight excluding hydrogens is 288 g/mol. The van der Waals surface area contributed by atoms with Crippen molar-refractivity contribution in [2.45, 2.75) is 13.3 Å². The third kappa shape index (κ3) is 4.95. The number of hydrogen-bond donors (Lipinski definition) is 0. The highest BCUT2D eigenvalue weighted by Crippen LogP contribution is 2.30. The molecule has 1 aromatic carbocycles. The van der Waals surface area contributed by atoms with E-state index in [4.69, 9.17) is 9.47 Å². The van der Waals surface area contributed by atoms with Crippen LogP contribution in [0.15, 0.2) is 83.4 Å². The van der Waals surface area contributed by atoms with Gasteiger partial charge in [-0.3, -0.25) is 0 Å². The molecule has 4 nitrogen and oxygen atoms in total. The number of para-hydroxylation sites is 1. The van der Waals surface area contributed by atoms with E-state index in [1.807, 2.05) is 30.3 Å². The van der Waals surface area contributed by atoms with E-state index in [0.29, 0.717) is 30.6 Å². The fourth-order valence-electron chi connectivity index (χ4n) is 2.12. The predicted octanol–water partition coefficient (Wildman–Crippen LogP) is 5.35.